The number of halogens is 3. The van der Waals surface area contributed by atoms with Gasteiger partial charge in [0.05, 0.1) is 21.7 Å². The molecule has 118 valence electrons. The van der Waals surface area contributed by atoms with E-state index < -0.39 is 5.91 Å². The van der Waals surface area contributed by atoms with Crippen molar-refractivity contribution in [3.05, 3.63) is 39.4 Å². The van der Waals surface area contributed by atoms with Crippen LogP contribution < -0.4 is 5.32 Å². The van der Waals surface area contributed by atoms with Crippen LogP contribution in [0.2, 0.25) is 15.1 Å². The lowest BCUT2D eigenvalue weighted by molar-refractivity contribution is -0.151. The van der Waals surface area contributed by atoms with E-state index in [1.807, 2.05) is 12.2 Å². The molecule has 7 heteroatoms. The minimum absolute atomic E-state index is 0.180. The molecule has 22 heavy (non-hydrogen) atoms. The van der Waals surface area contributed by atoms with Gasteiger partial charge in [0.1, 0.15) is 0 Å². The number of ether oxygens (including phenoxy) is 1. The Kier molecular flexibility index (Phi) is 6.12. The van der Waals surface area contributed by atoms with E-state index >= 15 is 0 Å². The van der Waals surface area contributed by atoms with Gasteiger partial charge in [-0.3, -0.25) is 9.59 Å². The van der Waals surface area contributed by atoms with Crippen molar-refractivity contribution in [1.82, 2.24) is 0 Å². The van der Waals surface area contributed by atoms with Gasteiger partial charge in [0.2, 0.25) is 0 Å². The number of hydrogen-bond acceptors (Lipinski definition) is 3. The maximum absolute atomic E-state index is 11.8. The fourth-order valence-corrected chi connectivity index (χ4v) is 3.01. The first kappa shape index (κ1) is 17.1. The average Bonchev–Trinajstić information content (AvgIpc) is 2.49. The predicted molar refractivity (Wildman–Crippen MR) is 87.5 cm³/mol. The lowest BCUT2D eigenvalue weighted by Crippen LogP contribution is -2.25. The number of hydrogen-bond donors (Lipinski definition) is 1. The minimum atomic E-state index is -0.508. The average molecular weight is 363 g/mol. The second-order valence-electron chi connectivity index (χ2n) is 4.88. The molecule has 0 heterocycles. The highest BCUT2D eigenvalue weighted by Gasteiger charge is 2.21. The van der Waals surface area contributed by atoms with Gasteiger partial charge < -0.3 is 10.1 Å². The van der Waals surface area contributed by atoms with Crippen LogP contribution in [0.3, 0.4) is 0 Å². The van der Waals surface area contributed by atoms with E-state index in [9.17, 15) is 9.59 Å². The van der Waals surface area contributed by atoms with Crippen LogP contribution in [-0.2, 0) is 14.3 Å². The second kappa shape index (κ2) is 7.86. The minimum Gasteiger partial charge on any atom is -0.455 e. The molecule has 0 saturated heterocycles. The first-order valence-corrected chi connectivity index (χ1v) is 7.87. The Balaban J connectivity index is 1.88. The van der Waals surface area contributed by atoms with Gasteiger partial charge >= 0.3 is 5.97 Å². The number of amides is 1. The zero-order chi connectivity index (χ0) is 16.1. The van der Waals surface area contributed by atoms with Crippen molar-refractivity contribution >= 4 is 52.4 Å². The summed E-state index contributed by atoms with van der Waals surface area (Å²) >= 11 is 17.7. The van der Waals surface area contributed by atoms with Gasteiger partial charge in [0.15, 0.2) is 6.61 Å². The van der Waals surface area contributed by atoms with Gasteiger partial charge in [-0.05, 0) is 31.4 Å². The lowest BCUT2D eigenvalue weighted by atomic mass is 9.95. The number of nitrogens with one attached hydrogen (secondary N) is 1. The third kappa shape index (κ3) is 4.63. The van der Waals surface area contributed by atoms with Gasteiger partial charge in [-0.1, -0.05) is 47.0 Å². The van der Waals surface area contributed by atoms with Crippen LogP contribution in [0.5, 0.6) is 0 Å². The summed E-state index contributed by atoms with van der Waals surface area (Å²) in [5.74, 6) is -1.06. The number of rotatable bonds is 4. The van der Waals surface area contributed by atoms with Crippen molar-refractivity contribution in [3.63, 3.8) is 0 Å². The van der Waals surface area contributed by atoms with Gasteiger partial charge in [-0.15, -0.1) is 0 Å². The van der Waals surface area contributed by atoms with E-state index in [0.717, 1.165) is 12.8 Å². The van der Waals surface area contributed by atoms with Gasteiger partial charge in [-0.2, -0.15) is 0 Å². The molecule has 1 N–H and O–H groups in total. The molecule has 4 nitrogen and oxygen atoms in total. The normalized spacial score (nSPS) is 17.1. The van der Waals surface area contributed by atoms with Crippen molar-refractivity contribution < 1.29 is 14.3 Å². The molecule has 1 aliphatic rings. The first-order chi connectivity index (χ1) is 10.5. The standard InChI is InChI=1S/C15H14Cl3NO3/c16-10-6-11(17)14(12(18)7-10)19-13(20)8-22-15(21)9-4-2-1-3-5-9/h1-2,6-7,9H,3-5,8H2,(H,19,20)/t9-/m1/s1. The highest BCUT2D eigenvalue weighted by molar-refractivity contribution is 6.42. The van der Waals surface area contributed by atoms with E-state index in [1.54, 1.807) is 0 Å². The van der Waals surface area contributed by atoms with Crippen LogP contribution in [0.25, 0.3) is 0 Å². The highest BCUT2D eigenvalue weighted by atomic mass is 35.5. The van der Waals surface area contributed by atoms with E-state index in [4.69, 9.17) is 39.5 Å². The molecule has 1 atom stereocenters. The molecule has 0 bridgehead atoms. The summed E-state index contributed by atoms with van der Waals surface area (Å²) in [4.78, 5) is 23.7. The highest BCUT2D eigenvalue weighted by Crippen LogP contribution is 2.33. The number of carbonyl (C=O) groups excluding carboxylic acids is 2. The topological polar surface area (TPSA) is 55.4 Å². The van der Waals surface area contributed by atoms with Crippen LogP contribution in [0.15, 0.2) is 24.3 Å². The largest absolute Gasteiger partial charge is 0.455 e. The lowest BCUT2D eigenvalue weighted by Gasteiger charge is -2.16. The van der Waals surface area contributed by atoms with Crippen LogP contribution >= 0.6 is 34.8 Å². The Morgan fingerprint density at radius 2 is 1.86 bits per heavy atom. The van der Waals surface area contributed by atoms with Crippen molar-refractivity contribution in [1.29, 1.82) is 0 Å². The molecule has 0 aliphatic heterocycles. The molecular formula is C15H14Cl3NO3. The third-order valence-corrected chi connectivity index (χ3v) is 4.03. The Labute approximate surface area is 143 Å². The van der Waals surface area contributed by atoms with Crippen LogP contribution in [-0.4, -0.2) is 18.5 Å². The SMILES string of the molecule is O=C(COC(=O)[C@@H]1CC=CCC1)Nc1c(Cl)cc(Cl)cc1Cl. The molecule has 1 aromatic rings. The Morgan fingerprint density at radius 1 is 1.18 bits per heavy atom. The maximum atomic E-state index is 11.8. The Bertz CT molecular complexity index is 593. The molecule has 0 fully saturated rings. The molecule has 1 aliphatic carbocycles. The number of anilines is 1. The predicted octanol–water partition coefficient (Wildman–Crippen LogP) is 4.48. The quantitative estimate of drug-likeness (QED) is 0.634. The number of carbonyl (C=O) groups is 2. The molecule has 2 rings (SSSR count). The molecule has 0 unspecified atom stereocenters. The van der Waals surface area contributed by atoms with E-state index in [0.29, 0.717) is 11.4 Å². The van der Waals surface area contributed by atoms with Crippen molar-refractivity contribution in [2.24, 2.45) is 5.92 Å². The van der Waals surface area contributed by atoms with E-state index in [1.165, 1.54) is 12.1 Å². The zero-order valence-corrected chi connectivity index (χ0v) is 13.8. The number of benzene rings is 1. The monoisotopic (exact) mass is 361 g/mol. The van der Waals surface area contributed by atoms with Crippen LogP contribution in [0.4, 0.5) is 5.69 Å². The number of allylic oxidation sites excluding steroid dienone is 2. The summed E-state index contributed by atoms with van der Waals surface area (Å²) in [6, 6.07) is 2.93. The molecule has 0 saturated carbocycles. The molecule has 0 radical (unpaired) electrons. The Morgan fingerprint density at radius 3 is 2.45 bits per heavy atom. The summed E-state index contributed by atoms with van der Waals surface area (Å²) < 4.78 is 5.02. The van der Waals surface area contributed by atoms with Crippen molar-refractivity contribution in [2.75, 3.05) is 11.9 Å². The third-order valence-electron chi connectivity index (χ3n) is 3.22. The fraction of sp³-hybridized carbons (Fsp3) is 0.333. The van der Waals surface area contributed by atoms with Crippen LogP contribution in [0, 0.1) is 5.92 Å². The molecular weight excluding hydrogens is 349 g/mol. The number of esters is 1. The molecule has 0 spiro atoms. The van der Waals surface area contributed by atoms with Gasteiger partial charge in [0, 0.05) is 5.02 Å². The van der Waals surface area contributed by atoms with Crippen molar-refractivity contribution in [3.8, 4) is 0 Å². The maximum Gasteiger partial charge on any atom is 0.309 e. The van der Waals surface area contributed by atoms with E-state index in [-0.39, 0.29) is 34.2 Å². The van der Waals surface area contributed by atoms with Crippen LogP contribution in [0.1, 0.15) is 19.3 Å². The molecule has 0 aromatic heterocycles. The van der Waals surface area contributed by atoms with Crippen molar-refractivity contribution in [2.45, 2.75) is 19.3 Å². The van der Waals surface area contributed by atoms with Gasteiger partial charge in [-0.25, -0.2) is 0 Å². The summed E-state index contributed by atoms with van der Waals surface area (Å²) in [6.07, 6.45) is 6.22. The summed E-state index contributed by atoms with van der Waals surface area (Å²) in [5, 5.41) is 3.31. The molecule has 1 aromatic carbocycles. The zero-order valence-electron chi connectivity index (χ0n) is 11.6. The summed E-state index contributed by atoms with van der Waals surface area (Å²) in [6.45, 7) is -0.381. The van der Waals surface area contributed by atoms with Gasteiger partial charge in [0.25, 0.3) is 5.91 Å². The summed E-state index contributed by atoms with van der Waals surface area (Å²) in [5.41, 5.74) is 0.245. The molecule has 1 amide bonds. The Hall–Kier alpha value is -1.23. The van der Waals surface area contributed by atoms with E-state index in [2.05, 4.69) is 5.32 Å². The first-order valence-electron chi connectivity index (χ1n) is 6.73. The smallest absolute Gasteiger partial charge is 0.309 e. The fourth-order valence-electron chi connectivity index (χ4n) is 2.10. The summed E-state index contributed by atoms with van der Waals surface area (Å²) in [7, 11) is 0. The second-order valence-corrected chi connectivity index (χ2v) is 6.13.